The van der Waals surface area contributed by atoms with Crippen LogP contribution in [0.25, 0.3) is 0 Å². The SMILES string of the molecule is CC(C)CCCC(C)NC(=O)N1CCC(C(=O)O)C1. The number of urea groups is 1. The Morgan fingerprint density at radius 3 is 2.53 bits per heavy atom. The van der Waals surface area contributed by atoms with Crippen LogP contribution in [0.3, 0.4) is 0 Å². The number of carboxylic acid groups (broad SMARTS) is 1. The third kappa shape index (κ3) is 5.49. The molecule has 110 valence electrons. The van der Waals surface area contributed by atoms with Gasteiger partial charge in [-0.05, 0) is 25.7 Å². The van der Waals surface area contributed by atoms with Crippen LogP contribution in [0.2, 0.25) is 0 Å². The molecule has 0 saturated carbocycles. The molecule has 5 heteroatoms. The summed E-state index contributed by atoms with van der Waals surface area (Å²) in [6.07, 6.45) is 3.81. The van der Waals surface area contributed by atoms with E-state index in [4.69, 9.17) is 5.11 Å². The van der Waals surface area contributed by atoms with Crippen LogP contribution in [0.5, 0.6) is 0 Å². The number of aliphatic carboxylic acids is 1. The summed E-state index contributed by atoms with van der Waals surface area (Å²) in [6, 6.07) is 0.0240. The summed E-state index contributed by atoms with van der Waals surface area (Å²) in [6.45, 7) is 7.27. The fourth-order valence-corrected chi connectivity index (χ4v) is 2.35. The van der Waals surface area contributed by atoms with Gasteiger partial charge in [-0.1, -0.05) is 26.7 Å². The highest BCUT2D eigenvalue weighted by atomic mass is 16.4. The Balaban J connectivity index is 2.25. The number of amides is 2. The molecule has 19 heavy (non-hydrogen) atoms. The van der Waals surface area contributed by atoms with Crippen LogP contribution < -0.4 is 5.32 Å². The summed E-state index contributed by atoms with van der Waals surface area (Å²) in [5.74, 6) is -0.514. The maximum atomic E-state index is 11.9. The zero-order chi connectivity index (χ0) is 14.4. The second-order valence-electron chi connectivity index (χ2n) is 5.95. The summed E-state index contributed by atoms with van der Waals surface area (Å²) in [5, 5.41) is 11.9. The van der Waals surface area contributed by atoms with E-state index in [0.29, 0.717) is 25.4 Å². The van der Waals surface area contributed by atoms with Gasteiger partial charge in [0.1, 0.15) is 0 Å². The average Bonchev–Trinajstić information content (AvgIpc) is 2.77. The second-order valence-corrected chi connectivity index (χ2v) is 5.95. The van der Waals surface area contributed by atoms with Crippen LogP contribution in [-0.2, 0) is 4.79 Å². The number of carboxylic acids is 1. The number of rotatable bonds is 6. The first-order valence-corrected chi connectivity index (χ1v) is 7.18. The first kappa shape index (κ1) is 15.8. The molecule has 0 bridgehead atoms. The number of hydrogen-bond donors (Lipinski definition) is 2. The topological polar surface area (TPSA) is 69.6 Å². The van der Waals surface area contributed by atoms with E-state index in [1.807, 2.05) is 6.92 Å². The van der Waals surface area contributed by atoms with Crippen molar-refractivity contribution in [3.05, 3.63) is 0 Å². The van der Waals surface area contributed by atoms with Crippen molar-refractivity contribution in [1.82, 2.24) is 10.2 Å². The largest absolute Gasteiger partial charge is 0.481 e. The molecular formula is C14H26N2O3. The number of carbonyl (C=O) groups is 2. The van der Waals surface area contributed by atoms with Crippen molar-refractivity contribution in [3.63, 3.8) is 0 Å². The summed E-state index contributed by atoms with van der Waals surface area (Å²) in [5.41, 5.74) is 0. The van der Waals surface area contributed by atoms with Gasteiger partial charge in [0.2, 0.25) is 0 Å². The molecular weight excluding hydrogens is 244 g/mol. The van der Waals surface area contributed by atoms with Crippen molar-refractivity contribution in [2.45, 2.75) is 52.5 Å². The van der Waals surface area contributed by atoms with E-state index in [1.165, 1.54) is 6.42 Å². The molecule has 2 unspecified atom stereocenters. The Bertz CT molecular complexity index is 318. The Morgan fingerprint density at radius 1 is 1.32 bits per heavy atom. The van der Waals surface area contributed by atoms with E-state index in [-0.39, 0.29) is 12.1 Å². The number of hydrogen-bond acceptors (Lipinski definition) is 2. The van der Waals surface area contributed by atoms with Crippen LogP contribution in [0, 0.1) is 11.8 Å². The minimum absolute atomic E-state index is 0.124. The van der Waals surface area contributed by atoms with Gasteiger partial charge in [0.25, 0.3) is 0 Å². The highest BCUT2D eigenvalue weighted by molar-refractivity contribution is 5.77. The average molecular weight is 270 g/mol. The van der Waals surface area contributed by atoms with Gasteiger partial charge in [0.05, 0.1) is 5.92 Å². The number of nitrogens with one attached hydrogen (secondary N) is 1. The van der Waals surface area contributed by atoms with Crippen molar-refractivity contribution >= 4 is 12.0 Å². The molecule has 0 radical (unpaired) electrons. The van der Waals surface area contributed by atoms with E-state index in [2.05, 4.69) is 19.2 Å². The lowest BCUT2D eigenvalue weighted by molar-refractivity contribution is -0.141. The molecule has 2 N–H and O–H groups in total. The normalized spacial score (nSPS) is 20.6. The van der Waals surface area contributed by atoms with Crippen molar-refractivity contribution in [1.29, 1.82) is 0 Å². The highest BCUT2D eigenvalue weighted by Gasteiger charge is 2.31. The maximum absolute atomic E-state index is 11.9. The Kier molecular flexibility index (Phi) is 6.12. The van der Waals surface area contributed by atoms with Crippen molar-refractivity contribution in [2.24, 2.45) is 11.8 Å². The lowest BCUT2D eigenvalue weighted by Gasteiger charge is -2.21. The van der Waals surface area contributed by atoms with Gasteiger partial charge in [0, 0.05) is 19.1 Å². The number of nitrogens with zero attached hydrogens (tertiary/aromatic N) is 1. The van der Waals surface area contributed by atoms with Crippen LogP contribution in [-0.4, -0.2) is 41.1 Å². The third-order valence-electron chi connectivity index (χ3n) is 3.61. The molecule has 0 spiro atoms. The summed E-state index contributed by atoms with van der Waals surface area (Å²) in [4.78, 5) is 24.4. The summed E-state index contributed by atoms with van der Waals surface area (Å²) in [7, 11) is 0. The standard InChI is InChI=1S/C14H26N2O3/c1-10(2)5-4-6-11(3)15-14(19)16-8-7-12(9-16)13(17)18/h10-12H,4-9H2,1-3H3,(H,15,19)(H,17,18). The van der Waals surface area contributed by atoms with Gasteiger partial charge in [-0.25, -0.2) is 4.79 Å². The van der Waals surface area contributed by atoms with Crippen molar-refractivity contribution in [2.75, 3.05) is 13.1 Å². The van der Waals surface area contributed by atoms with Gasteiger partial charge in [-0.2, -0.15) is 0 Å². The van der Waals surface area contributed by atoms with Crippen LogP contribution in [0.1, 0.15) is 46.5 Å². The molecule has 5 nitrogen and oxygen atoms in total. The quantitative estimate of drug-likeness (QED) is 0.778. The first-order valence-electron chi connectivity index (χ1n) is 7.18. The van der Waals surface area contributed by atoms with E-state index >= 15 is 0 Å². The van der Waals surface area contributed by atoms with Gasteiger partial charge in [-0.3, -0.25) is 4.79 Å². The maximum Gasteiger partial charge on any atom is 0.317 e. The molecule has 1 aliphatic heterocycles. The van der Waals surface area contributed by atoms with Gasteiger partial charge in [0.15, 0.2) is 0 Å². The molecule has 1 fully saturated rings. The molecule has 2 amide bonds. The van der Waals surface area contributed by atoms with Gasteiger partial charge in [-0.15, -0.1) is 0 Å². The summed E-state index contributed by atoms with van der Waals surface area (Å²) < 4.78 is 0. The minimum Gasteiger partial charge on any atom is -0.481 e. The summed E-state index contributed by atoms with van der Waals surface area (Å²) >= 11 is 0. The molecule has 2 atom stereocenters. The molecule has 1 aliphatic rings. The zero-order valence-corrected chi connectivity index (χ0v) is 12.2. The van der Waals surface area contributed by atoms with Crippen molar-refractivity contribution < 1.29 is 14.7 Å². The third-order valence-corrected chi connectivity index (χ3v) is 3.61. The molecule has 0 aromatic heterocycles. The fraction of sp³-hybridized carbons (Fsp3) is 0.857. The second kappa shape index (κ2) is 7.36. The van der Waals surface area contributed by atoms with Crippen LogP contribution in [0.15, 0.2) is 0 Å². The molecule has 0 aromatic carbocycles. The Morgan fingerprint density at radius 2 is 2.00 bits per heavy atom. The Hall–Kier alpha value is -1.26. The monoisotopic (exact) mass is 270 g/mol. The van der Waals surface area contributed by atoms with Crippen LogP contribution in [0.4, 0.5) is 4.79 Å². The highest BCUT2D eigenvalue weighted by Crippen LogP contribution is 2.16. The molecule has 0 aliphatic carbocycles. The number of carbonyl (C=O) groups excluding carboxylic acids is 1. The molecule has 1 saturated heterocycles. The lowest BCUT2D eigenvalue weighted by atomic mass is 10.0. The zero-order valence-electron chi connectivity index (χ0n) is 12.2. The smallest absolute Gasteiger partial charge is 0.317 e. The predicted molar refractivity (Wildman–Crippen MR) is 74.0 cm³/mol. The molecule has 0 aromatic rings. The van der Waals surface area contributed by atoms with Crippen LogP contribution >= 0.6 is 0 Å². The van der Waals surface area contributed by atoms with E-state index in [0.717, 1.165) is 12.8 Å². The predicted octanol–water partition coefficient (Wildman–Crippen LogP) is 2.32. The minimum atomic E-state index is -0.805. The van der Waals surface area contributed by atoms with E-state index in [9.17, 15) is 9.59 Å². The number of likely N-dealkylation sites (tertiary alicyclic amines) is 1. The van der Waals surface area contributed by atoms with E-state index in [1.54, 1.807) is 4.90 Å². The Labute approximate surface area is 115 Å². The van der Waals surface area contributed by atoms with E-state index < -0.39 is 11.9 Å². The first-order chi connectivity index (χ1) is 8.90. The van der Waals surface area contributed by atoms with Crippen molar-refractivity contribution in [3.8, 4) is 0 Å². The molecule has 1 heterocycles. The lowest BCUT2D eigenvalue weighted by Crippen LogP contribution is -2.43. The fourth-order valence-electron chi connectivity index (χ4n) is 2.35. The molecule has 1 rings (SSSR count). The van der Waals surface area contributed by atoms with Gasteiger partial charge < -0.3 is 15.3 Å². The van der Waals surface area contributed by atoms with Gasteiger partial charge >= 0.3 is 12.0 Å².